The van der Waals surface area contributed by atoms with Crippen LogP contribution < -0.4 is 14.9 Å². The van der Waals surface area contributed by atoms with Crippen molar-refractivity contribution in [3.8, 4) is 28.4 Å². The Morgan fingerprint density at radius 3 is 2.47 bits per heavy atom. The van der Waals surface area contributed by atoms with Crippen LogP contribution in [0.3, 0.4) is 0 Å². The van der Waals surface area contributed by atoms with Crippen LogP contribution in [-0.4, -0.2) is 18.2 Å². The van der Waals surface area contributed by atoms with Crippen molar-refractivity contribution in [1.82, 2.24) is 0 Å². The van der Waals surface area contributed by atoms with Crippen LogP contribution in [0.1, 0.15) is 23.5 Å². The highest BCUT2D eigenvalue weighted by atomic mass is 19.2. The van der Waals surface area contributed by atoms with Crippen molar-refractivity contribution in [1.29, 1.82) is 0 Å². The van der Waals surface area contributed by atoms with E-state index in [1.807, 2.05) is 0 Å². The number of methoxy groups -OCH3 is 1. The number of carbonyl (C=O) groups excluding carboxylic acids is 1. The maximum atomic E-state index is 14.7. The fourth-order valence-electron chi connectivity index (χ4n) is 4.18. The SMILES string of the molecule is COc1ccc(-c2coc3c4c(cc(O)c3c2=O)OC(=O)C[C@H]4c2ccc(F)c(F)c2F)cc1. The molecule has 0 saturated carbocycles. The molecule has 6 nitrogen and oxygen atoms in total. The summed E-state index contributed by atoms with van der Waals surface area (Å²) >= 11 is 0. The number of hydrogen-bond donors (Lipinski definition) is 1. The zero-order valence-electron chi connectivity index (χ0n) is 17.5. The monoisotopic (exact) mass is 468 g/mol. The standard InChI is InChI=1S/C25H15F3O6/c1-32-12-4-2-11(3-5-12)15-10-33-25-20-14(13-6-7-16(26)23(28)22(13)27)8-19(30)34-18(20)9-17(29)21(25)24(15)31/h2-7,9-10,14,29H,8H2,1H3/t14-/m0/s1. The predicted octanol–water partition coefficient (Wildman–Crippen LogP) is 5.03. The minimum Gasteiger partial charge on any atom is -0.507 e. The van der Waals surface area contributed by atoms with Gasteiger partial charge in [-0.1, -0.05) is 18.2 Å². The van der Waals surface area contributed by atoms with Crippen LogP contribution in [-0.2, 0) is 4.79 Å². The Labute approximate surface area is 189 Å². The number of halogens is 3. The fraction of sp³-hybridized carbons (Fsp3) is 0.120. The lowest BCUT2D eigenvalue weighted by molar-refractivity contribution is -0.135. The second-order valence-electron chi connectivity index (χ2n) is 7.71. The van der Waals surface area contributed by atoms with Gasteiger partial charge in [0.15, 0.2) is 17.5 Å². The first-order valence-electron chi connectivity index (χ1n) is 10.1. The molecular formula is C25H15F3O6. The summed E-state index contributed by atoms with van der Waals surface area (Å²) in [5.74, 6) is -6.58. The van der Waals surface area contributed by atoms with Gasteiger partial charge in [0.1, 0.15) is 34.5 Å². The molecule has 1 aromatic heterocycles. The highest BCUT2D eigenvalue weighted by Crippen LogP contribution is 2.46. The maximum Gasteiger partial charge on any atom is 0.312 e. The summed E-state index contributed by atoms with van der Waals surface area (Å²) in [4.78, 5) is 25.5. The number of ether oxygens (including phenoxy) is 2. The first-order valence-corrected chi connectivity index (χ1v) is 10.1. The summed E-state index contributed by atoms with van der Waals surface area (Å²) < 4.78 is 58.1. The van der Waals surface area contributed by atoms with E-state index in [4.69, 9.17) is 13.9 Å². The second-order valence-corrected chi connectivity index (χ2v) is 7.71. The van der Waals surface area contributed by atoms with E-state index in [9.17, 15) is 27.9 Å². The molecule has 0 spiro atoms. The molecule has 0 unspecified atom stereocenters. The molecule has 0 radical (unpaired) electrons. The Bertz CT molecular complexity index is 1530. The number of phenols is 1. The first kappa shape index (κ1) is 21.6. The van der Waals surface area contributed by atoms with Crippen molar-refractivity contribution in [2.75, 3.05) is 7.11 Å². The van der Waals surface area contributed by atoms with Gasteiger partial charge in [-0.2, -0.15) is 0 Å². The normalized spacial score (nSPS) is 15.2. The van der Waals surface area contributed by atoms with Crippen LogP contribution in [0.4, 0.5) is 13.2 Å². The first-order chi connectivity index (χ1) is 16.3. The Morgan fingerprint density at radius 2 is 1.76 bits per heavy atom. The maximum absolute atomic E-state index is 14.7. The van der Waals surface area contributed by atoms with Gasteiger partial charge in [-0.05, 0) is 29.3 Å². The number of carbonyl (C=O) groups is 1. The number of benzene rings is 3. The van der Waals surface area contributed by atoms with Crippen LogP contribution >= 0.6 is 0 Å². The number of aromatic hydroxyl groups is 1. The molecule has 172 valence electrons. The minimum atomic E-state index is -1.69. The van der Waals surface area contributed by atoms with Gasteiger partial charge in [0.05, 0.1) is 19.1 Å². The Hall–Kier alpha value is -4.27. The van der Waals surface area contributed by atoms with Gasteiger partial charge in [-0.25, -0.2) is 13.2 Å². The Morgan fingerprint density at radius 1 is 1.03 bits per heavy atom. The molecule has 1 atom stereocenters. The Kier molecular flexibility index (Phi) is 5.04. The van der Waals surface area contributed by atoms with Crippen LogP contribution in [0.25, 0.3) is 22.1 Å². The molecule has 3 aromatic carbocycles. The van der Waals surface area contributed by atoms with Crippen molar-refractivity contribution in [3.63, 3.8) is 0 Å². The molecule has 1 aliphatic heterocycles. The van der Waals surface area contributed by atoms with Crippen LogP contribution in [0.2, 0.25) is 0 Å². The minimum absolute atomic E-state index is 0.0655. The molecule has 1 aliphatic rings. The van der Waals surface area contributed by atoms with Crippen molar-refractivity contribution in [3.05, 3.63) is 87.5 Å². The van der Waals surface area contributed by atoms with Crippen molar-refractivity contribution >= 4 is 16.9 Å². The van der Waals surface area contributed by atoms with E-state index in [1.54, 1.807) is 24.3 Å². The van der Waals surface area contributed by atoms with Gasteiger partial charge in [0.2, 0.25) is 5.43 Å². The van der Waals surface area contributed by atoms with Gasteiger partial charge >= 0.3 is 5.97 Å². The van der Waals surface area contributed by atoms with Gasteiger partial charge in [-0.15, -0.1) is 0 Å². The summed E-state index contributed by atoms with van der Waals surface area (Å²) in [5, 5.41) is 10.4. The largest absolute Gasteiger partial charge is 0.507 e. The van der Waals surface area contributed by atoms with Crippen LogP contribution in [0.15, 0.2) is 57.9 Å². The third-order valence-corrected chi connectivity index (χ3v) is 5.81. The third-order valence-electron chi connectivity index (χ3n) is 5.81. The van der Waals surface area contributed by atoms with E-state index in [2.05, 4.69) is 0 Å². The van der Waals surface area contributed by atoms with Crippen LogP contribution in [0.5, 0.6) is 17.2 Å². The molecule has 4 aromatic rings. The van der Waals surface area contributed by atoms with E-state index in [1.165, 1.54) is 13.4 Å². The zero-order valence-corrected chi connectivity index (χ0v) is 17.5. The number of fused-ring (bicyclic) bond motifs is 3. The third kappa shape index (κ3) is 3.28. The smallest absolute Gasteiger partial charge is 0.312 e. The molecule has 2 heterocycles. The Balaban J connectivity index is 1.76. The average Bonchev–Trinajstić information content (AvgIpc) is 2.82. The molecule has 0 bridgehead atoms. The van der Waals surface area contributed by atoms with Crippen molar-refractivity contribution in [2.45, 2.75) is 12.3 Å². The van der Waals surface area contributed by atoms with Gasteiger partial charge in [0, 0.05) is 17.5 Å². The molecule has 5 rings (SSSR count). The average molecular weight is 468 g/mol. The number of rotatable bonds is 3. The van der Waals surface area contributed by atoms with Gasteiger partial charge < -0.3 is 19.0 Å². The molecule has 9 heteroatoms. The highest BCUT2D eigenvalue weighted by molar-refractivity contribution is 5.94. The van der Waals surface area contributed by atoms with E-state index in [0.29, 0.717) is 11.3 Å². The van der Waals surface area contributed by atoms with Gasteiger partial charge in [0.25, 0.3) is 0 Å². The quantitative estimate of drug-likeness (QED) is 0.258. The van der Waals surface area contributed by atoms with Crippen molar-refractivity contribution < 1.29 is 37.0 Å². The topological polar surface area (TPSA) is 86.0 Å². The zero-order chi connectivity index (χ0) is 24.1. The molecular weight excluding hydrogens is 453 g/mol. The predicted molar refractivity (Wildman–Crippen MR) is 115 cm³/mol. The number of phenolic OH excluding ortho intramolecular Hbond substituents is 1. The van der Waals surface area contributed by atoms with Gasteiger partial charge in [-0.3, -0.25) is 9.59 Å². The molecule has 0 fully saturated rings. The van der Waals surface area contributed by atoms with E-state index in [-0.39, 0.29) is 33.4 Å². The second kappa shape index (κ2) is 7.95. The fourth-order valence-corrected chi connectivity index (χ4v) is 4.18. The molecule has 0 saturated heterocycles. The molecule has 0 amide bonds. The van der Waals surface area contributed by atoms with E-state index < -0.39 is 46.9 Å². The lowest BCUT2D eigenvalue weighted by atomic mass is 9.84. The lowest BCUT2D eigenvalue weighted by Gasteiger charge is -2.26. The summed E-state index contributed by atoms with van der Waals surface area (Å²) in [6.45, 7) is 0. The summed E-state index contributed by atoms with van der Waals surface area (Å²) in [6, 6.07) is 9.37. The lowest BCUT2D eigenvalue weighted by Crippen LogP contribution is -2.23. The summed E-state index contributed by atoms with van der Waals surface area (Å²) in [6.07, 6.45) is 0.750. The highest BCUT2D eigenvalue weighted by Gasteiger charge is 2.36. The molecule has 1 N–H and O–H groups in total. The molecule has 0 aliphatic carbocycles. The number of esters is 1. The molecule has 34 heavy (non-hydrogen) atoms. The number of hydrogen-bond acceptors (Lipinski definition) is 6. The van der Waals surface area contributed by atoms with Crippen LogP contribution in [0, 0.1) is 17.5 Å². The van der Waals surface area contributed by atoms with E-state index in [0.717, 1.165) is 18.2 Å². The summed E-state index contributed by atoms with van der Waals surface area (Å²) in [7, 11) is 1.50. The van der Waals surface area contributed by atoms with Crippen molar-refractivity contribution in [2.24, 2.45) is 0 Å². The summed E-state index contributed by atoms with van der Waals surface area (Å²) in [5.41, 5.74) is -0.370. The van der Waals surface area contributed by atoms with E-state index >= 15 is 0 Å².